The molecule has 0 unspecified atom stereocenters. The van der Waals surface area contributed by atoms with Gasteiger partial charge in [0.15, 0.2) is 16.6 Å². The number of nitrogens with zero attached hydrogens (tertiary/aromatic N) is 1. The number of ether oxygens (including phenoxy) is 2. The van der Waals surface area contributed by atoms with Crippen LogP contribution in [0.4, 0.5) is 10.8 Å². The number of rotatable bonds is 2. The predicted octanol–water partition coefficient (Wildman–Crippen LogP) is 4.08. The number of fused-ring (bicyclic) bond motifs is 2. The zero-order valence-corrected chi connectivity index (χ0v) is 11.7. The molecule has 20 heavy (non-hydrogen) atoms. The Hall–Kier alpha value is -2.27. The van der Waals surface area contributed by atoms with Crippen molar-refractivity contribution >= 4 is 32.4 Å². The second kappa shape index (κ2) is 4.38. The maximum absolute atomic E-state index is 5.37. The summed E-state index contributed by atoms with van der Waals surface area (Å²) >= 11 is 1.64. The van der Waals surface area contributed by atoms with Crippen molar-refractivity contribution in [1.29, 1.82) is 0 Å². The van der Waals surface area contributed by atoms with Crippen molar-refractivity contribution in [1.82, 2.24) is 4.98 Å². The van der Waals surface area contributed by atoms with Crippen LogP contribution in [-0.2, 0) is 0 Å². The van der Waals surface area contributed by atoms with Gasteiger partial charge in [-0.25, -0.2) is 4.98 Å². The smallest absolute Gasteiger partial charge is 0.231 e. The molecule has 0 saturated carbocycles. The van der Waals surface area contributed by atoms with E-state index in [-0.39, 0.29) is 0 Å². The molecule has 0 radical (unpaired) electrons. The van der Waals surface area contributed by atoms with Crippen LogP contribution >= 0.6 is 11.3 Å². The highest BCUT2D eigenvalue weighted by molar-refractivity contribution is 7.22. The Labute approximate surface area is 120 Å². The minimum absolute atomic E-state index is 0.291. The van der Waals surface area contributed by atoms with E-state index in [1.54, 1.807) is 11.3 Å². The fraction of sp³-hybridized carbons (Fsp3) is 0.133. The van der Waals surface area contributed by atoms with Gasteiger partial charge in [0.05, 0.1) is 10.2 Å². The molecule has 3 aromatic rings. The van der Waals surface area contributed by atoms with Gasteiger partial charge in [-0.15, -0.1) is 0 Å². The third-order valence-electron chi connectivity index (χ3n) is 3.17. The highest BCUT2D eigenvalue weighted by atomic mass is 32.1. The molecule has 0 fully saturated rings. The van der Waals surface area contributed by atoms with Crippen molar-refractivity contribution < 1.29 is 9.47 Å². The molecule has 4 rings (SSSR count). The molecule has 0 amide bonds. The first-order valence-electron chi connectivity index (χ1n) is 6.32. The Bertz CT molecular complexity index is 798. The van der Waals surface area contributed by atoms with Gasteiger partial charge in [0, 0.05) is 11.8 Å². The number of nitrogens with one attached hydrogen (secondary N) is 1. The van der Waals surface area contributed by atoms with E-state index < -0.39 is 0 Å². The van der Waals surface area contributed by atoms with Crippen molar-refractivity contribution in [2.75, 3.05) is 12.1 Å². The number of benzene rings is 2. The molecule has 1 aromatic heterocycles. The highest BCUT2D eigenvalue weighted by Gasteiger charge is 2.13. The lowest BCUT2D eigenvalue weighted by Crippen LogP contribution is -1.93. The van der Waals surface area contributed by atoms with Crippen LogP contribution in [0.3, 0.4) is 0 Å². The number of hydrogen-bond acceptors (Lipinski definition) is 5. The van der Waals surface area contributed by atoms with Crippen molar-refractivity contribution in [3.63, 3.8) is 0 Å². The average molecular weight is 284 g/mol. The molecule has 5 heteroatoms. The van der Waals surface area contributed by atoms with E-state index >= 15 is 0 Å². The van der Waals surface area contributed by atoms with Crippen molar-refractivity contribution in [2.45, 2.75) is 6.92 Å². The summed E-state index contributed by atoms with van der Waals surface area (Å²) in [5.74, 6) is 1.56. The Kier molecular flexibility index (Phi) is 2.53. The molecule has 1 aliphatic rings. The molecule has 1 aliphatic heterocycles. The highest BCUT2D eigenvalue weighted by Crippen LogP contribution is 2.36. The summed E-state index contributed by atoms with van der Waals surface area (Å²) in [5, 5.41) is 4.19. The third kappa shape index (κ3) is 1.96. The van der Waals surface area contributed by atoms with Crippen molar-refractivity contribution in [2.24, 2.45) is 0 Å². The Morgan fingerprint density at radius 3 is 2.95 bits per heavy atom. The lowest BCUT2D eigenvalue weighted by molar-refractivity contribution is 0.174. The maximum Gasteiger partial charge on any atom is 0.231 e. The molecule has 2 heterocycles. The Morgan fingerprint density at radius 1 is 1.10 bits per heavy atom. The second-order valence-corrected chi connectivity index (χ2v) is 5.71. The number of anilines is 2. The standard InChI is InChI=1S/C15H12N2O2S/c1-9-2-5-14-11(6-9)17-15(20-14)16-10-3-4-12-13(7-10)19-8-18-12/h2-7H,8H2,1H3,(H,16,17). The van der Waals surface area contributed by atoms with Crippen LogP contribution in [0.25, 0.3) is 10.2 Å². The number of aryl methyl sites for hydroxylation is 1. The van der Waals surface area contributed by atoms with Crippen LogP contribution in [-0.4, -0.2) is 11.8 Å². The normalized spacial score (nSPS) is 12.8. The number of thiazole rings is 1. The average Bonchev–Trinajstić information content (AvgIpc) is 3.03. The Morgan fingerprint density at radius 2 is 2.00 bits per heavy atom. The van der Waals surface area contributed by atoms with E-state index in [1.165, 1.54) is 10.3 Å². The maximum atomic E-state index is 5.37. The molecule has 0 atom stereocenters. The van der Waals surface area contributed by atoms with Crippen molar-refractivity contribution in [3.05, 3.63) is 42.0 Å². The summed E-state index contributed by atoms with van der Waals surface area (Å²) in [6.45, 7) is 2.36. The number of aromatic nitrogens is 1. The van der Waals surface area contributed by atoms with E-state index in [9.17, 15) is 0 Å². The molecule has 0 spiro atoms. The molecular weight excluding hydrogens is 272 g/mol. The fourth-order valence-corrected chi connectivity index (χ4v) is 3.06. The van der Waals surface area contributed by atoms with Gasteiger partial charge >= 0.3 is 0 Å². The van der Waals surface area contributed by atoms with E-state index in [1.807, 2.05) is 18.2 Å². The third-order valence-corrected chi connectivity index (χ3v) is 4.12. The second-order valence-electron chi connectivity index (χ2n) is 4.68. The first kappa shape index (κ1) is 11.5. The van der Waals surface area contributed by atoms with E-state index in [4.69, 9.17) is 9.47 Å². The monoisotopic (exact) mass is 284 g/mol. The lowest BCUT2D eigenvalue weighted by Gasteiger charge is -2.03. The summed E-state index contributed by atoms with van der Waals surface area (Å²) in [4.78, 5) is 4.60. The lowest BCUT2D eigenvalue weighted by atomic mass is 10.2. The van der Waals surface area contributed by atoms with Gasteiger partial charge in [0.2, 0.25) is 6.79 Å². The van der Waals surface area contributed by atoms with Crippen LogP contribution in [0.5, 0.6) is 11.5 Å². The van der Waals surface area contributed by atoms with Crippen LogP contribution in [0.1, 0.15) is 5.56 Å². The van der Waals surface area contributed by atoms with Crippen LogP contribution in [0.15, 0.2) is 36.4 Å². The van der Waals surface area contributed by atoms with E-state index in [0.717, 1.165) is 27.8 Å². The molecule has 0 saturated heterocycles. The molecule has 100 valence electrons. The van der Waals surface area contributed by atoms with Gasteiger partial charge in [0.25, 0.3) is 0 Å². The van der Waals surface area contributed by atoms with Gasteiger partial charge < -0.3 is 14.8 Å². The summed E-state index contributed by atoms with van der Waals surface area (Å²) in [5.41, 5.74) is 3.20. The van der Waals surface area contributed by atoms with E-state index in [0.29, 0.717) is 6.79 Å². The van der Waals surface area contributed by atoms with Crippen molar-refractivity contribution in [3.8, 4) is 11.5 Å². The SMILES string of the molecule is Cc1ccc2sc(Nc3ccc4c(c3)OCO4)nc2c1. The quantitative estimate of drug-likeness (QED) is 0.770. The van der Waals surface area contributed by atoms with Crippen LogP contribution < -0.4 is 14.8 Å². The van der Waals surface area contributed by atoms with Gasteiger partial charge in [-0.05, 0) is 36.8 Å². The zero-order chi connectivity index (χ0) is 13.5. The first-order chi connectivity index (χ1) is 9.78. The fourth-order valence-electron chi connectivity index (χ4n) is 2.19. The molecule has 2 aromatic carbocycles. The van der Waals surface area contributed by atoms with Crippen LogP contribution in [0.2, 0.25) is 0 Å². The summed E-state index contributed by atoms with van der Waals surface area (Å²) in [6, 6.07) is 12.1. The van der Waals surface area contributed by atoms with Gasteiger partial charge in [-0.3, -0.25) is 0 Å². The predicted molar refractivity (Wildman–Crippen MR) is 80.2 cm³/mol. The zero-order valence-electron chi connectivity index (χ0n) is 10.8. The van der Waals surface area contributed by atoms with Gasteiger partial charge in [0.1, 0.15) is 0 Å². The van der Waals surface area contributed by atoms with E-state index in [2.05, 4.69) is 35.4 Å². The summed E-state index contributed by atoms with van der Waals surface area (Å²) < 4.78 is 11.9. The van der Waals surface area contributed by atoms with Gasteiger partial charge in [-0.2, -0.15) is 0 Å². The summed E-state index contributed by atoms with van der Waals surface area (Å²) in [7, 11) is 0. The molecule has 0 aliphatic carbocycles. The molecule has 0 bridgehead atoms. The molecular formula is C15H12N2O2S. The molecule has 4 nitrogen and oxygen atoms in total. The molecule has 1 N–H and O–H groups in total. The summed E-state index contributed by atoms with van der Waals surface area (Å²) in [6.07, 6.45) is 0. The Balaban J connectivity index is 1.66. The van der Waals surface area contributed by atoms with Crippen LogP contribution in [0, 0.1) is 6.92 Å². The number of hydrogen-bond donors (Lipinski definition) is 1. The van der Waals surface area contributed by atoms with Gasteiger partial charge in [-0.1, -0.05) is 17.4 Å². The first-order valence-corrected chi connectivity index (χ1v) is 7.13. The topological polar surface area (TPSA) is 43.4 Å². The minimum atomic E-state index is 0.291. The largest absolute Gasteiger partial charge is 0.454 e. The minimum Gasteiger partial charge on any atom is -0.454 e.